The third-order valence-corrected chi connectivity index (χ3v) is 10.1. The Bertz CT molecular complexity index is 2570. The van der Waals surface area contributed by atoms with Crippen molar-refractivity contribution in [3.63, 3.8) is 0 Å². The summed E-state index contributed by atoms with van der Waals surface area (Å²) in [5.74, 6) is 1.51. The Morgan fingerprint density at radius 2 is 1.37 bits per heavy atom. The number of para-hydroxylation sites is 2. The summed E-state index contributed by atoms with van der Waals surface area (Å²) >= 11 is 8.28. The molecule has 3 N–H and O–H groups in total. The number of fused-ring (bicyclic) bond motifs is 1. The van der Waals surface area contributed by atoms with Crippen LogP contribution in [0.25, 0.3) is 11.4 Å². The molecule has 10 nitrogen and oxygen atoms in total. The number of carbonyl (C=O) groups excluding carboxylic acids is 2. The standard InChI is InChI=1S/C16H12BrNO3.C15H11BrFNO.C14H12N4S/c17-12-3-1-2-4-13(12)18-8-7-14(19)11-5-6-15-16(9-11)21-10-20-15;16-12-7-5-11(6-8-12)15(19)9-10-18-14-4-2-1-3-13(14)17;1-10-5-4-8-16-13(10)18-14-17-12(9-19-14)11-6-2-3-7-15-11/h1-9,18H,10H2;1-10,18H;2-9H,1H3,(H,16,17,18)/b8-7+;10-9+;. The van der Waals surface area contributed by atoms with Gasteiger partial charge in [0.15, 0.2) is 28.2 Å². The molecular weight excluding hydrogens is 899 g/mol. The highest BCUT2D eigenvalue weighted by Gasteiger charge is 2.15. The number of aromatic nitrogens is 3. The van der Waals surface area contributed by atoms with Crippen molar-refractivity contribution >= 4 is 77.1 Å². The lowest BCUT2D eigenvalue weighted by Crippen LogP contribution is -1.97. The first kappa shape index (κ1) is 42.1. The summed E-state index contributed by atoms with van der Waals surface area (Å²) in [7, 11) is 0. The van der Waals surface area contributed by atoms with Crippen LogP contribution >= 0.6 is 43.2 Å². The lowest BCUT2D eigenvalue weighted by Gasteiger charge is -2.03. The van der Waals surface area contributed by atoms with Gasteiger partial charge in [-0.25, -0.2) is 14.4 Å². The van der Waals surface area contributed by atoms with E-state index in [9.17, 15) is 14.0 Å². The first-order chi connectivity index (χ1) is 28.7. The molecule has 14 heteroatoms. The van der Waals surface area contributed by atoms with Crippen LogP contribution < -0.4 is 25.4 Å². The van der Waals surface area contributed by atoms with E-state index >= 15 is 0 Å². The molecule has 1 aliphatic heterocycles. The zero-order valence-corrected chi connectivity index (χ0v) is 35.3. The Hall–Kier alpha value is -6.48. The van der Waals surface area contributed by atoms with Crippen LogP contribution in [-0.4, -0.2) is 33.3 Å². The third-order valence-electron chi connectivity index (χ3n) is 8.15. The van der Waals surface area contributed by atoms with Crippen LogP contribution in [0.2, 0.25) is 0 Å². The minimum absolute atomic E-state index is 0.104. The second-order valence-corrected chi connectivity index (χ2v) is 14.9. The Morgan fingerprint density at radius 3 is 2.10 bits per heavy atom. The lowest BCUT2D eigenvalue weighted by molar-refractivity contribution is 0.103. The summed E-state index contributed by atoms with van der Waals surface area (Å²) in [6, 6.07) is 35.9. The molecule has 7 aromatic rings. The summed E-state index contributed by atoms with van der Waals surface area (Å²) in [6.45, 7) is 2.22. The molecule has 4 heterocycles. The highest BCUT2D eigenvalue weighted by molar-refractivity contribution is 9.10. The van der Waals surface area contributed by atoms with Gasteiger partial charge in [0.2, 0.25) is 6.79 Å². The summed E-state index contributed by atoms with van der Waals surface area (Å²) < 4.78 is 25.6. The van der Waals surface area contributed by atoms with E-state index in [0.717, 1.165) is 42.5 Å². The Kier molecular flexibility index (Phi) is 15.2. The monoisotopic (exact) mass is 932 g/mol. The molecule has 0 fully saturated rings. The Labute approximate surface area is 361 Å². The minimum atomic E-state index is -0.358. The van der Waals surface area contributed by atoms with Crippen molar-refractivity contribution in [2.45, 2.75) is 6.92 Å². The molecule has 8 rings (SSSR count). The van der Waals surface area contributed by atoms with Gasteiger partial charge in [-0.05, 0) is 113 Å². The van der Waals surface area contributed by atoms with Crippen LogP contribution in [0.5, 0.6) is 11.5 Å². The minimum Gasteiger partial charge on any atom is -0.454 e. The maximum absolute atomic E-state index is 13.3. The van der Waals surface area contributed by atoms with E-state index in [0.29, 0.717) is 28.3 Å². The number of rotatable bonds is 11. The number of carbonyl (C=O) groups is 2. The van der Waals surface area contributed by atoms with Crippen molar-refractivity contribution in [2.24, 2.45) is 0 Å². The van der Waals surface area contributed by atoms with Crippen molar-refractivity contribution < 1.29 is 23.5 Å². The zero-order valence-electron chi connectivity index (χ0n) is 31.3. The van der Waals surface area contributed by atoms with Crippen LogP contribution in [0.4, 0.5) is 26.7 Å². The fourth-order valence-electron chi connectivity index (χ4n) is 5.11. The number of allylic oxidation sites excluding steroid dienone is 2. The average Bonchev–Trinajstić information content (AvgIpc) is 3.94. The molecule has 0 radical (unpaired) electrons. The van der Waals surface area contributed by atoms with Crippen LogP contribution in [-0.2, 0) is 0 Å². The van der Waals surface area contributed by atoms with E-state index in [1.165, 1.54) is 24.4 Å². The van der Waals surface area contributed by atoms with E-state index in [1.807, 2.05) is 66.9 Å². The number of hydrogen-bond donors (Lipinski definition) is 3. The summed E-state index contributed by atoms with van der Waals surface area (Å²) in [4.78, 5) is 37.0. The van der Waals surface area contributed by atoms with Gasteiger partial charge < -0.3 is 25.4 Å². The molecule has 0 unspecified atom stereocenters. The molecule has 4 aromatic carbocycles. The number of anilines is 4. The second-order valence-electron chi connectivity index (χ2n) is 12.3. The number of pyridine rings is 2. The van der Waals surface area contributed by atoms with E-state index in [1.54, 1.807) is 90.6 Å². The summed E-state index contributed by atoms with van der Waals surface area (Å²) in [6.07, 6.45) is 9.44. The topological polar surface area (TPSA) is 127 Å². The number of aryl methyl sites for hydroxylation is 1. The van der Waals surface area contributed by atoms with Crippen molar-refractivity contribution in [2.75, 3.05) is 22.7 Å². The SMILES string of the molecule is Cc1cccnc1Nc1nc(-c2ccccn2)cs1.O=C(/C=C/Nc1ccccc1Br)c1ccc2c(c1)OCO2.O=C(/C=C/Nc1ccccc1F)c1ccc(Br)cc1. The largest absolute Gasteiger partial charge is 0.454 e. The van der Waals surface area contributed by atoms with Gasteiger partial charge in [-0.15, -0.1) is 11.3 Å². The molecule has 0 spiro atoms. The number of nitrogens with zero attached hydrogens (tertiary/aromatic N) is 3. The molecule has 3 aromatic heterocycles. The normalized spacial score (nSPS) is 11.3. The smallest absolute Gasteiger partial charge is 0.231 e. The quantitative estimate of drug-likeness (QED) is 0.0852. The Morgan fingerprint density at radius 1 is 0.712 bits per heavy atom. The molecule has 0 saturated carbocycles. The number of ether oxygens (including phenoxy) is 2. The highest BCUT2D eigenvalue weighted by Crippen LogP contribution is 2.33. The van der Waals surface area contributed by atoms with E-state index < -0.39 is 0 Å². The molecular formula is C45H35Br2FN6O4S. The van der Waals surface area contributed by atoms with E-state index in [-0.39, 0.29) is 24.2 Å². The van der Waals surface area contributed by atoms with Gasteiger partial charge in [-0.2, -0.15) is 0 Å². The highest BCUT2D eigenvalue weighted by atomic mass is 79.9. The van der Waals surface area contributed by atoms with Gasteiger partial charge in [0.05, 0.1) is 17.1 Å². The van der Waals surface area contributed by atoms with Crippen molar-refractivity contribution in [3.8, 4) is 22.9 Å². The molecule has 0 amide bonds. The number of nitrogens with one attached hydrogen (secondary N) is 3. The number of hydrogen-bond acceptors (Lipinski definition) is 11. The average molecular weight is 935 g/mol. The van der Waals surface area contributed by atoms with Gasteiger partial charge in [-0.1, -0.05) is 52.3 Å². The predicted molar refractivity (Wildman–Crippen MR) is 239 cm³/mol. The van der Waals surface area contributed by atoms with E-state index in [2.05, 4.69) is 62.8 Å². The number of halogens is 3. The van der Waals surface area contributed by atoms with Gasteiger partial charge in [0, 0.05) is 62.4 Å². The fraction of sp³-hybridized carbons (Fsp3) is 0.0444. The van der Waals surface area contributed by atoms with Crippen molar-refractivity contribution in [3.05, 3.63) is 195 Å². The molecule has 0 saturated heterocycles. The van der Waals surface area contributed by atoms with Gasteiger partial charge in [0.25, 0.3) is 0 Å². The number of benzene rings is 4. The van der Waals surface area contributed by atoms with Gasteiger partial charge in [-0.3, -0.25) is 14.6 Å². The maximum Gasteiger partial charge on any atom is 0.231 e. The first-order valence-electron chi connectivity index (χ1n) is 17.9. The lowest BCUT2D eigenvalue weighted by atomic mass is 10.1. The fourth-order valence-corrected chi connectivity index (χ4v) is 6.48. The molecule has 59 heavy (non-hydrogen) atoms. The van der Waals surface area contributed by atoms with Crippen LogP contribution in [0.3, 0.4) is 0 Å². The van der Waals surface area contributed by atoms with Crippen LogP contribution in [0, 0.1) is 12.7 Å². The summed E-state index contributed by atoms with van der Waals surface area (Å²) in [5.41, 5.74) is 5.22. The molecule has 296 valence electrons. The zero-order chi connectivity index (χ0) is 41.4. The van der Waals surface area contributed by atoms with Crippen molar-refractivity contribution in [1.29, 1.82) is 0 Å². The predicted octanol–water partition coefficient (Wildman–Crippen LogP) is 12.0. The second kappa shape index (κ2) is 21.3. The molecule has 1 aliphatic rings. The van der Waals surface area contributed by atoms with Crippen LogP contribution in [0.15, 0.2) is 173 Å². The van der Waals surface area contributed by atoms with Gasteiger partial charge in [0.1, 0.15) is 17.3 Å². The maximum atomic E-state index is 13.3. The number of thiazole rings is 1. The number of ketones is 2. The molecule has 0 bridgehead atoms. The molecule has 0 atom stereocenters. The van der Waals surface area contributed by atoms with Crippen LogP contribution in [0.1, 0.15) is 26.3 Å². The summed E-state index contributed by atoms with van der Waals surface area (Å²) in [5, 5.41) is 11.8. The van der Waals surface area contributed by atoms with E-state index in [4.69, 9.17) is 9.47 Å². The van der Waals surface area contributed by atoms with Gasteiger partial charge >= 0.3 is 0 Å². The Balaban J connectivity index is 0.000000149. The first-order valence-corrected chi connectivity index (χ1v) is 20.3. The van der Waals surface area contributed by atoms with Crippen molar-refractivity contribution in [1.82, 2.24) is 15.0 Å². The third kappa shape index (κ3) is 12.5. The molecule has 0 aliphatic carbocycles.